The molecular weight excluding hydrogens is 224 g/mol. The molecule has 1 N–H and O–H groups in total. The molecule has 0 saturated carbocycles. The van der Waals surface area contributed by atoms with Crippen LogP contribution in [0.4, 0.5) is 0 Å². The second-order valence-corrected chi connectivity index (χ2v) is 4.37. The van der Waals surface area contributed by atoms with E-state index in [1.165, 1.54) is 0 Å². The molecule has 1 atom stereocenters. The van der Waals surface area contributed by atoms with Gasteiger partial charge in [0.15, 0.2) is 0 Å². The number of aliphatic hydroxyl groups is 1. The number of aliphatic hydroxyl groups excluding tert-OH is 1. The van der Waals surface area contributed by atoms with Crippen molar-refractivity contribution in [3.05, 3.63) is 60.4 Å². The lowest BCUT2D eigenvalue weighted by atomic mass is 10.1. The Morgan fingerprint density at radius 1 is 1.06 bits per heavy atom. The Kier molecular flexibility index (Phi) is 2.61. The minimum Gasteiger partial charge on any atom is -0.389 e. The molecule has 0 aliphatic rings. The third-order valence-electron chi connectivity index (χ3n) is 3.11. The average molecular weight is 238 g/mol. The molecule has 3 aromatic rings. The van der Waals surface area contributed by atoms with E-state index in [-0.39, 0.29) is 0 Å². The van der Waals surface area contributed by atoms with Crippen LogP contribution in [0.25, 0.3) is 16.7 Å². The highest BCUT2D eigenvalue weighted by atomic mass is 16.3. The topological polar surface area (TPSA) is 38.0 Å². The molecule has 0 unspecified atom stereocenters. The minimum atomic E-state index is -0.432. The first kappa shape index (κ1) is 11.0. The molecule has 18 heavy (non-hydrogen) atoms. The lowest BCUT2D eigenvalue weighted by molar-refractivity contribution is 0.199. The Morgan fingerprint density at radius 2 is 1.78 bits per heavy atom. The van der Waals surface area contributed by atoms with Crippen LogP contribution in [0.5, 0.6) is 0 Å². The molecule has 0 aliphatic carbocycles. The Hall–Kier alpha value is -2.13. The van der Waals surface area contributed by atoms with Gasteiger partial charge in [-0.2, -0.15) is 0 Å². The molecule has 0 spiro atoms. The molecule has 3 nitrogen and oxygen atoms in total. The van der Waals surface area contributed by atoms with E-state index < -0.39 is 6.10 Å². The van der Waals surface area contributed by atoms with Crippen molar-refractivity contribution in [2.24, 2.45) is 0 Å². The fourth-order valence-corrected chi connectivity index (χ4v) is 2.08. The lowest BCUT2D eigenvalue weighted by Gasteiger charge is -2.07. The smallest absolute Gasteiger partial charge is 0.100 e. The zero-order chi connectivity index (χ0) is 12.5. The summed E-state index contributed by atoms with van der Waals surface area (Å²) in [4.78, 5) is 4.37. The van der Waals surface area contributed by atoms with Crippen molar-refractivity contribution in [2.45, 2.75) is 13.0 Å². The van der Waals surface area contributed by atoms with Gasteiger partial charge in [-0.1, -0.05) is 24.3 Å². The standard InChI is InChI=1S/C15H14N2O/c1-11(18)12-6-8-13(9-7-12)17-10-16-14-4-2-3-5-15(14)17/h2-11,18H,1H3/t11-/m1/s1. The monoisotopic (exact) mass is 238 g/mol. The van der Waals surface area contributed by atoms with Crippen LogP contribution in [0.15, 0.2) is 54.9 Å². The van der Waals surface area contributed by atoms with Crippen molar-refractivity contribution in [3.63, 3.8) is 0 Å². The summed E-state index contributed by atoms with van der Waals surface area (Å²) in [5.41, 5.74) is 4.04. The van der Waals surface area contributed by atoms with Crippen LogP contribution in [-0.4, -0.2) is 14.7 Å². The maximum Gasteiger partial charge on any atom is 0.100 e. The molecule has 90 valence electrons. The molecule has 0 saturated heterocycles. The molecule has 2 aromatic carbocycles. The van der Waals surface area contributed by atoms with Crippen LogP contribution in [0, 0.1) is 0 Å². The Bertz CT molecular complexity index is 668. The van der Waals surface area contributed by atoms with Gasteiger partial charge in [-0.3, -0.25) is 4.57 Å². The molecule has 0 bridgehead atoms. The summed E-state index contributed by atoms with van der Waals surface area (Å²) in [6.07, 6.45) is 1.39. The van der Waals surface area contributed by atoms with Crippen molar-refractivity contribution < 1.29 is 5.11 Å². The van der Waals surface area contributed by atoms with Crippen LogP contribution in [0.2, 0.25) is 0 Å². The van der Waals surface area contributed by atoms with Gasteiger partial charge in [-0.05, 0) is 36.8 Å². The summed E-state index contributed by atoms with van der Waals surface area (Å²) in [6.45, 7) is 1.77. The van der Waals surface area contributed by atoms with Crippen molar-refractivity contribution in [2.75, 3.05) is 0 Å². The number of fused-ring (bicyclic) bond motifs is 1. The third-order valence-corrected chi connectivity index (χ3v) is 3.11. The predicted molar refractivity (Wildman–Crippen MR) is 71.7 cm³/mol. The number of hydrogen-bond acceptors (Lipinski definition) is 2. The highest BCUT2D eigenvalue weighted by molar-refractivity contribution is 5.77. The number of benzene rings is 2. The predicted octanol–water partition coefficient (Wildman–Crippen LogP) is 3.08. The number of imidazole rings is 1. The Balaban J connectivity index is 2.09. The maximum absolute atomic E-state index is 9.50. The van der Waals surface area contributed by atoms with Gasteiger partial charge in [0, 0.05) is 5.69 Å². The van der Waals surface area contributed by atoms with Crippen LogP contribution in [0.3, 0.4) is 0 Å². The number of para-hydroxylation sites is 2. The van der Waals surface area contributed by atoms with Crippen LogP contribution >= 0.6 is 0 Å². The van der Waals surface area contributed by atoms with E-state index in [9.17, 15) is 5.11 Å². The van der Waals surface area contributed by atoms with Gasteiger partial charge in [0.05, 0.1) is 17.1 Å². The van der Waals surface area contributed by atoms with Gasteiger partial charge < -0.3 is 5.11 Å². The van der Waals surface area contributed by atoms with Crippen LogP contribution in [-0.2, 0) is 0 Å². The molecule has 1 heterocycles. The van der Waals surface area contributed by atoms with Crippen LogP contribution in [0.1, 0.15) is 18.6 Å². The zero-order valence-corrected chi connectivity index (χ0v) is 10.1. The normalized spacial score (nSPS) is 12.8. The Labute approximate surface area is 105 Å². The summed E-state index contributed by atoms with van der Waals surface area (Å²) in [6, 6.07) is 15.9. The van der Waals surface area contributed by atoms with Gasteiger partial charge in [0.25, 0.3) is 0 Å². The van der Waals surface area contributed by atoms with E-state index in [4.69, 9.17) is 0 Å². The first-order valence-electron chi connectivity index (χ1n) is 5.96. The summed E-state index contributed by atoms with van der Waals surface area (Å²) in [5.74, 6) is 0. The summed E-state index contributed by atoms with van der Waals surface area (Å²) < 4.78 is 2.04. The number of aromatic nitrogens is 2. The molecular formula is C15H14N2O. The summed E-state index contributed by atoms with van der Waals surface area (Å²) in [5, 5.41) is 9.50. The highest BCUT2D eigenvalue weighted by Crippen LogP contribution is 2.20. The molecule has 0 amide bonds. The lowest BCUT2D eigenvalue weighted by Crippen LogP contribution is -1.94. The van der Waals surface area contributed by atoms with E-state index in [2.05, 4.69) is 4.98 Å². The van der Waals surface area contributed by atoms with Gasteiger partial charge in [-0.15, -0.1) is 0 Å². The van der Waals surface area contributed by atoms with Gasteiger partial charge in [0.2, 0.25) is 0 Å². The fourth-order valence-electron chi connectivity index (χ4n) is 2.08. The fraction of sp³-hybridized carbons (Fsp3) is 0.133. The zero-order valence-electron chi connectivity index (χ0n) is 10.1. The van der Waals surface area contributed by atoms with Crippen molar-refractivity contribution in [3.8, 4) is 5.69 Å². The van der Waals surface area contributed by atoms with Crippen molar-refractivity contribution in [1.29, 1.82) is 0 Å². The third kappa shape index (κ3) is 1.79. The second-order valence-electron chi connectivity index (χ2n) is 4.37. The molecule has 3 rings (SSSR count). The van der Waals surface area contributed by atoms with Crippen molar-refractivity contribution >= 4 is 11.0 Å². The van der Waals surface area contributed by atoms with E-state index >= 15 is 0 Å². The van der Waals surface area contributed by atoms with Gasteiger partial charge >= 0.3 is 0 Å². The molecule has 0 radical (unpaired) electrons. The van der Waals surface area contributed by atoms with Gasteiger partial charge in [0.1, 0.15) is 6.33 Å². The Morgan fingerprint density at radius 3 is 2.50 bits per heavy atom. The molecule has 3 heteroatoms. The maximum atomic E-state index is 9.50. The minimum absolute atomic E-state index is 0.432. The SMILES string of the molecule is C[C@@H](O)c1ccc(-n2cnc3ccccc32)cc1. The summed E-state index contributed by atoms with van der Waals surface area (Å²) >= 11 is 0. The number of rotatable bonds is 2. The largest absolute Gasteiger partial charge is 0.389 e. The second kappa shape index (κ2) is 4.27. The molecule has 0 aliphatic heterocycles. The van der Waals surface area contributed by atoms with E-state index in [0.29, 0.717) is 0 Å². The average Bonchev–Trinajstić information content (AvgIpc) is 2.82. The summed E-state index contributed by atoms with van der Waals surface area (Å²) in [7, 11) is 0. The highest BCUT2D eigenvalue weighted by Gasteiger charge is 2.05. The van der Waals surface area contributed by atoms with E-state index in [0.717, 1.165) is 22.3 Å². The number of hydrogen-bond donors (Lipinski definition) is 1. The van der Waals surface area contributed by atoms with Crippen LogP contribution < -0.4 is 0 Å². The molecule has 1 aromatic heterocycles. The number of nitrogens with zero attached hydrogens (tertiary/aromatic N) is 2. The van der Waals surface area contributed by atoms with Gasteiger partial charge in [-0.25, -0.2) is 4.98 Å². The molecule has 0 fully saturated rings. The quantitative estimate of drug-likeness (QED) is 0.745. The first-order valence-corrected chi connectivity index (χ1v) is 5.96. The van der Waals surface area contributed by atoms with E-state index in [1.807, 2.05) is 59.4 Å². The van der Waals surface area contributed by atoms with Crippen molar-refractivity contribution in [1.82, 2.24) is 9.55 Å². The first-order chi connectivity index (χ1) is 8.75. The van der Waals surface area contributed by atoms with E-state index in [1.54, 1.807) is 6.92 Å².